The lowest BCUT2D eigenvalue weighted by Gasteiger charge is -2.08. The summed E-state index contributed by atoms with van der Waals surface area (Å²) in [4.78, 5) is 23.2. The lowest BCUT2D eigenvalue weighted by atomic mass is 10.1. The Hall–Kier alpha value is -2.60. The van der Waals surface area contributed by atoms with E-state index in [1.807, 2.05) is 12.1 Å². The van der Waals surface area contributed by atoms with Crippen LogP contribution in [-0.2, 0) is 4.79 Å². The minimum absolute atomic E-state index is 0.206. The third-order valence-electron chi connectivity index (χ3n) is 3.32. The van der Waals surface area contributed by atoms with Crippen molar-refractivity contribution < 1.29 is 18.7 Å². The summed E-state index contributed by atoms with van der Waals surface area (Å²) in [5, 5.41) is 0.716. The molecule has 0 unspecified atom stereocenters. The summed E-state index contributed by atoms with van der Waals surface area (Å²) in [6.07, 6.45) is 0. The van der Waals surface area contributed by atoms with Gasteiger partial charge in [0.15, 0.2) is 6.61 Å². The molecule has 3 rings (SSSR count). The minimum Gasteiger partial charge on any atom is -0.482 e. The van der Waals surface area contributed by atoms with E-state index in [1.54, 1.807) is 37.3 Å². The number of aryl methyl sites for hydroxylation is 1. The van der Waals surface area contributed by atoms with Crippen molar-refractivity contribution in [1.82, 2.24) is 0 Å². The predicted molar refractivity (Wildman–Crippen MR) is 92.5 cm³/mol. The monoisotopic (exact) mass is 388 g/mol. The van der Waals surface area contributed by atoms with Gasteiger partial charge in [-0.05, 0) is 55.0 Å². The summed E-state index contributed by atoms with van der Waals surface area (Å²) in [5.74, 6) is 0.419. The van der Waals surface area contributed by atoms with Crippen molar-refractivity contribution in [3.8, 4) is 11.5 Å². The lowest BCUT2D eigenvalue weighted by molar-refractivity contribution is -0.136. The van der Waals surface area contributed by atoms with Gasteiger partial charge < -0.3 is 13.9 Å². The summed E-state index contributed by atoms with van der Waals surface area (Å²) >= 11 is 3.33. The Balaban J connectivity index is 1.69. The van der Waals surface area contributed by atoms with Gasteiger partial charge in [-0.1, -0.05) is 15.9 Å². The smallest absolute Gasteiger partial charge is 0.349 e. The van der Waals surface area contributed by atoms with E-state index in [0.717, 1.165) is 10.0 Å². The second-order valence-corrected chi connectivity index (χ2v) is 6.04. The maximum Gasteiger partial charge on any atom is 0.349 e. The molecular weight excluding hydrogens is 376 g/mol. The first kappa shape index (κ1) is 16.3. The third kappa shape index (κ3) is 3.83. The van der Waals surface area contributed by atoms with Gasteiger partial charge in [0.25, 0.3) is 0 Å². The molecule has 0 N–H and O–H groups in total. The molecule has 1 heterocycles. The zero-order valence-electron chi connectivity index (χ0n) is 12.7. The van der Waals surface area contributed by atoms with Crippen LogP contribution in [0.2, 0.25) is 0 Å². The van der Waals surface area contributed by atoms with Crippen molar-refractivity contribution in [2.24, 2.45) is 0 Å². The van der Waals surface area contributed by atoms with Crippen LogP contribution in [0, 0.1) is 6.92 Å². The van der Waals surface area contributed by atoms with E-state index in [2.05, 4.69) is 15.9 Å². The van der Waals surface area contributed by atoms with Gasteiger partial charge in [-0.2, -0.15) is 0 Å². The van der Waals surface area contributed by atoms with Gasteiger partial charge in [0.05, 0.1) is 0 Å². The molecule has 0 amide bonds. The molecule has 6 heteroatoms. The first-order chi connectivity index (χ1) is 11.5. The van der Waals surface area contributed by atoms with Crippen LogP contribution >= 0.6 is 15.9 Å². The van der Waals surface area contributed by atoms with E-state index in [9.17, 15) is 9.59 Å². The van der Waals surface area contributed by atoms with Crippen LogP contribution < -0.4 is 15.1 Å². The van der Waals surface area contributed by atoms with Gasteiger partial charge in [-0.3, -0.25) is 0 Å². The number of halogens is 1. The fourth-order valence-corrected chi connectivity index (χ4v) is 2.46. The van der Waals surface area contributed by atoms with Gasteiger partial charge in [0.2, 0.25) is 0 Å². The number of carbonyl (C=O) groups is 1. The zero-order valence-corrected chi connectivity index (χ0v) is 14.3. The molecule has 0 aliphatic carbocycles. The van der Waals surface area contributed by atoms with E-state index < -0.39 is 11.6 Å². The molecule has 0 fully saturated rings. The molecule has 0 saturated carbocycles. The Morgan fingerprint density at radius 2 is 1.79 bits per heavy atom. The SMILES string of the molecule is Cc1cc(=O)oc2ccc(OC(=O)COc3ccc(Br)cc3)cc12. The quantitative estimate of drug-likeness (QED) is 0.385. The summed E-state index contributed by atoms with van der Waals surface area (Å²) in [5.41, 5.74) is 0.795. The fourth-order valence-electron chi connectivity index (χ4n) is 2.20. The van der Waals surface area contributed by atoms with E-state index in [0.29, 0.717) is 22.5 Å². The third-order valence-corrected chi connectivity index (χ3v) is 3.85. The van der Waals surface area contributed by atoms with Crippen molar-refractivity contribution in [2.45, 2.75) is 6.92 Å². The largest absolute Gasteiger partial charge is 0.482 e. The Bertz CT molecular complexity index is 944. The molecule has 0 saturated heterocycles. The highest BCUT2D eigenvalue weighted by atomic mass is 79.9. The van der Waals surface area contributed by atoms with Crippen molar-refractivity contribution in [3.63, 3.8) is 0 Å². The van der Waals surface area contributed by atoms with Crippen LogP contribution in [0.4, 0.5) is 0 Å². The standard InChI is InChI=1S/C18H13BrO5/c1-11-8-17(20)24-16-7-6-14(9-15(11)16)23-18(21)10-22-13-4-2-12(19)3-5-13/h2-9H,10H2,1H3. The normalized spacial score (nSPS) is 10.6. The number of esters is 1. The molecule has 24 heavy (non-hydrogen) atoms. The number of hydrogen-bond donors (Lipinski definition) is 0. The molecule has 0 aliphatic rings. The molecule has 3 aromatic rings. The van der Waals surface area contributed by atoms with E-state index in [1.165, 1.54) is 6.07 Å². The van der Waals surface area contributed by atoms with E-state index in [4.69, 9.17) is 13.9 Å². The molecule has 5 nitrogen and oxygen atoms in total. The number of rotatable bonds is 4. The average molecular weight is 389 g/mol. The Labute approximate surface area is 145 Å². The highest BCUT2D eigenvalue weighted by Gasteiger charge is 2.09. The molecule has 0 aliphatic heterocycles. The average Bonchev–Trinajstić information content (AvgIpc) is 2.55. The predicted octanol–water partition coefficient (Wildman–Crippen LogP) is 3.85. The number of fused-ring (bicyclic) bond motifs is 1. The number of benzene rings is 2. The molecular formula is C18H13BrO5. The molecule has 122 valence electrons. The fraction of sp³-hybridized carbons (Fsp3) is 0.111. The topological polar surface area (TPSA) is 65.7 Å². The summed E-state index contributed by atoms with van der Waals surface area (Å²) < 4.78 is 16.6. The second kappa shape index (κ2) is 6.88. The van der Waals surface area contributed by atoms with Crippen LogP contribution in [0.15, 0.2) is 62.2 Å². The summed E-state index contributed by atoms with van der Waals surface area (Å²) in [7, 11) is 0. The van der Waals surface area contributed by atoms with Gasteiger partial charge in [-0.25, -0.2) is 9.59 Å². The summed E-state index contributed by atoms with van der Waals surface area (Å²) in [6, 6.07) is 13.4. The molecule has 0 radical (unpaired) electrons. The van der Waals surface area contributed by atoms with E-state index >= 15 is 0 Å². The molecule has 0 atom stereocenters. The maximum atomic E-state index is 11.9. The Morgan fingerprint density at radius 3 is 2.54 bits per heavy atom. The number of hydrogen-bond acceptors (Lipinski definition) is 5. The highest BCUT2D eigenvalue weighted by molar-refractivity contribution is 9.10. The van der Waals surface area contributed by atoms with E-state index in [-0.39, 0.29) is 6.61 Å². The van der Waals surface area contributed by atoms with Crippen molar-refractivity contribution >= 4 is 32.9 Å². The highest BCUT2D eigenvalue weighted by Crippen LogP contribution is 2.23. The van der Waals surface area contributed by atoms with Crippen LogP contribution in [0.5, 0.6) is 11.5 Å². The van der Waals surface area contributed by atoms with Crippen molar-refractivity contribution in [3.05, 3.63) is 69.0 Å². The molecule has 2 aromatic carbocycles. The second-order valence-electron chi connectivity index (χ2n) is 5.12. The molecule has 0 bridgehead atoms. The first-order valence-electron chi connectivity index (χ1n) is 7.15. The number of ether oxygens (including phenoxy) is 2. The van der Waals surface area contributed by atoms with Gasteiger partial charge >= 0.3 is 11.6 Å². The van der Waals surface area contributed by atoms with Crippen molar-refractivity contribution in [2.75, 3.05) is 6.61 Å². The van der Waals surface area contributed by atoms with Crippen LogP contribution in [0.3, 0.4) is 0 Å². The van der Waals surface area contributed by atoms with Crippen LogP contribution in [0.1, 0.15) is 5.56 Å². The maximum absolute atomic E-state index is 11.9. The molecule has 1 aromatic heterocycles. The number of carbonyl (C=O) groups excluding carboxylic acids is 1. The van der Waals surface area contributed by atoms with Crippen LogP contribution in [-0.4, -0.2) is 12.6 Å². The van der Waals surface area contributed by atoms with Gasteiger partial charge in [0, 0.05) is 15.9 Å². The lowest BCUT2D eigenvalue weighted by Crippen LogP contribution is -2.17. The Morgan fingerprint density at radius 1 is 1.08 bits per heavy atom. The minimum atomic E-state index is -0.521. The van der Waals surface area contributed by atoms with Gasteiger partial charge in [-0.15, -0.1) is 0 Å². The van der Waals surface area contributed by atoms with Gasteiger partial charge in [0.1, 0.15) is 17.1 Å². The van der Waals surface area contributed by atoms with Crippen molar-refractivity contribution in [1.29, 1.82) is 0 Å². The zero-order chi connectivity index (χ0) is 17.1. The first-order valence-corrected chi connectivity index (χ1v) is 7.94. The summed E-state index contributed by atoms with van der Waals surface area (Å²) in [6.45, 7) is 1.59. The van der Waals surface area contributed by atoms with Crippen LogP contribution in [0.25, 0.3) is 11.0 Å². The molecule has 0 spiro atoms. The Kier molecular flexibility index (Phi) is 4.66.